The molecule has 2 aliphatic rings. The third-order valence-electron chi connectivity index (χ3n) is 4.04. The minimum Gasteiger partial charge on any atom is -0.300 e. The van der Waals surface area contributed by atoms with Crippen molar-refractivity contribution in [2.45, 2.75) is 31.1 Å². The fourth-order valence-corrected chi connectivity index (χ4v) is 3.82. The zero-order valence-electron chi connectivity index (χ0n) is 9.60. The first kappa shape index (κ1) is 12.0. The lowest BCUT2D eigenvalue weighted by atomic mass is 9.70. The molecule has 0 aliphatic heterocycles. The van der Waals surface area contributed by atoms with Gasteiger partial charge in [-0.25, -0.2) is 8.78 Å². The van der Waals surface area contributed by atoms with Crippen molar-refractivity contribution in [3.8, 4) is 0 Å². The number of ketones is 1. The molecule has 0 N–H and O–H groups in total. The second-order valence-corrected chi connectivity index (χ2v) is 5.79. The number of halogens is 3. The molecule has 1 spiro atoms. The molecule has 3 rings (SSSR count). The average Bonchev–Trinajstić information content (AvgIpc) is 2.63. The van der Waals surface area contributed by atoms with E-state index in [2.05, 4.69) is 15.9 Å². The standard InChI is InChI=1S/C14H11BrF2O/c15-12-7-9-10(1-2-11(16)13(9)17)14(12)5-3-8(18)4-6-14/h1-2,7H,3-6H2. The summed E-state index contributed by atoms with van der Waals surface area (Å²) < 4.78 is 27.9. The fraction of sp³-hybridized carbons (Fsp3) is 0.357. The summed E-state index contributed by atoms with van der Waals surface area (Å²) in [6.07, 6.45) is 3.99. The number of fused-ring (bicyclic) bond motifs is 2. The van der Waals surface area contributed by atoms with E-state index in [1.54, 1.807) is 12.1 Å². The maximum Gasteiger partial charge on any atom is 0.166 e. The highest BCUT2D eigenvalue weighted by Crippen LogP contribution is 2.53. The Morgan fingerprint density at radius 3 is 2.50 bits per heavy atom. The molecule has 94 valence electrons. The van der Waals surface area contributed by atoms with E-state index >= 15 is 0 Å². The highest BCUT2D eigenvalue weighted by atomic mass is 79.9. The molecule has 1 fully saturated rings. The van der Waals surface area contributed by atoms with Crippen LogP contribution in [0.5, 0.6) is 0 Å². The van der Waals surface area contributed by atoms with Crippen LogP contribution in [0.25, 0.3) is 6.08 Å². The van der Waals surface area contributed by atoms with Gasteiger partial charge in [0.25, 0.3) is 0 Å². The van der Waals surface area contributed by atoms with Gasteiger partial charge >= 0.3 is 0 Å². The lowest BCUT2D eigenvalue weighted by Gasteiger charge is -2.35. The van der Waals surface area contributed by atoms with Crippen LogP contribution < -0.4 is 0 Å². The number of allylic oxidation sites excluding steroid dienone is 1. The molecule has 1 saturated carbocycles. The van der Waals surface area contributed by atoms with E-state index in [0.29, 0.717) is 31.2 Å². The largest absolute Gasteiger partial charge is 0.300 e. The van der Waals surface area contributed by atoms with Crippen molar-refractivity contribution >= 4 is 27.8 Å². The maximum atomic E-state index is 13.8. The first-order valence-electron chi connectivity index (χ1n) is 5.92. The van der Waals surface area contributed by atoms with E-state index in [0.717, 1.165) is 10.0 Å². The summed E-state index contributed by atoms with van der Waals surface area (Å²) >= 11 is 3.48. The highest BCUT2D eigenvalue weighted by molar-refractivity contribution is 9.11. The van der Waals surface area contributed by atoms with Crippen LogP contribution in [0.1, 0.15) is 36.8 Å². The van der Waals surface area contributed by atoms with Gasteiger partial charge in [-0.3, -0.25) is 4.79 Å². The van der Waals surface area contributed by atoms with E-state index in [-0.39, 0.29) is 11.2 Å². The summed E-state index contributed by atoms with van der Waals surface area (Å²) in [5.74, 6) is -1.37. The minimum absolute atomic E-state index is 0.247. The molecule has 0 unspecified atom stereocenters. The maximum absolute atomic E-state index is 13.8. The van der Waals surface area contributed by atoms with Crippen LogP contribution in [-0.2, 0) is 10.2 Å². The third kappa shape index (κ3) is 1.51. The van der Waals surface area contributed by atoms with Crippen LogP contribution in [0.15, 0.2) is 16.6 Å². The van der Waals surface area contributed by atoms with E-state index < -0.39 is 11.6 Å². The van der Waals surface area contributed by atoms with Gasteiger partial charge < -0.3 is 0 Å². The Morgan fingerprint density at radius 2 is 1.83 bits per heavy atom. The van der Waals surface area contributed by atoms with Crippen molar-refractivity contribution in [2.75, 3.05) is 0 Å². The van der Waals surface area contributed by atoms with Crippen molar-refractivity contribution < 1.29 is 13.6 Å². The van der Waals surface area contributed by atoms with E-state index in [4.69, 9.17) is 0 Å². The van der Waals surface area contributed by atoms with Crippen LogP contribution >= 0.6 is 15.9 Å². The first-order chi connectivity index (χ1) is 8.54. The van der Waals surface area contributed by atoms with Gasteiger partial charge in [-0.2, -0.15) is 0 Å². The molecule has 1 aromatic carbocycles. The average molecular weight is 313 g/mol. The number of Topliss-reactive ketones (excluding diaryl/α,β-unsaturated/α-hetero) is 1. The Kier molecular flexibility index (Phi) is 2.66. The Balaban J connectivity index is 2.14. The van der Waals surface area contributed by atoms with Crippen LogP contribution in [-0.4, -0.2) is 5.78 Å². The summed E-state index contributed by atoms with van der Waals surface area (Å²) in [6.45, 7) is 0. The van der Waals surface area contributed by atoms with E-state index in [9.17, 15) is 13.6 Å². The van der Waals surface area contributed by atoms with Gasteiger partial charge in [0, 0.05) is 28.3 Å². The molecule has 0 aromatic heterocycles. The number of rotatable bonds is 0. The summed E-state index contributed by atoms with van der Waals surface area (Å²) in [5.41, 5.74) is 0.814. The Hall–Kier alpha value is -1.03. The summed E-state index contributed by atoms with van der Waals surface area (Å²) in [7, 11) is 0. The number of benzene rings is 1. The number of hydrogen-bond acceptors (Lipinski definition) is 1. The summed E-state index contributed by atoms with van der Waals surface area (Å²) in [5, 5.41) is 0. The highest BCUT2D eigenvalue weighted by Gasteiger charge is 2.44. The number of hydrogen-bond donors (Lipinski definition) is 0. The van der Waals surface area contributed by atoms with Crippen LogP contribution in [0, 0.1) is 11.6 Å². The molecule has 0 saturated heterocycles. The Bertz CT molecular complexity index is 567. The molecule has 0 atom stereocenters. The SMILES string of the molecule is O=C1CCC2(CC1)C(Br)=Cc1c2ccc(F)c1F. The van der Waals surface area contributed by atoms with Gasteiger partial charge in [-0.15, -0.1) is 0 Å². The smallest absolute Gasteiger partial charge is 0.166 e. The summed E-state index contributed by atoms with van der Waals surface area (Å²) in [4.78, 5) is 11.4. The molecule has 0 heterocycles. The molecule has 0 amide bonds. The lowest BCUT2D eigenvalue weighted by Crippen LogP contribution is -2.30. The van der Waals surface area contributed by atoms with Crippen LogP contribution in [0.4, 0.5) is 8.78 Å². The fourth-order valence-electron chi connectivity index (χ4n) is 2.98. The molecule has 1 aromatic rings. The summed E-state index contributed by atoms with van der Waals surface area (Å²) in [6, 6.07) is 2.82. The van der Waals surface area contributed by atoms with Crippen LogP contribution in [0.3, 0.4) is 0 Å². The molecule has 1 nitrogen and oxygen atoms in total. The predicted molar refractivity (Wildman–Crippen MR) is 68.4 cm³/mol. The molecule has 2 aliphatic carbocycles. The van der Waals surface area contributed by atoms with Crippen molar-refractivity contribution in [1.29, 1.82) is 0 Å². The lowest BCUT2D eigenvalue weighted by molar-refractivity contribution is -0.121. The monoisotopic (exact) mass is 312 g/mol. The molecule has 18 heavy (non-hydrogen) atoms. The molecular formula is C14H11BrF2O. The second-order valence-electron chi connectivity index (χ2n) is 4.94. The van der Waals surface area contributed by atoms with Crippen molar-refractivity contribution in [3.05, 3.63) is 39.4 Å². The normalized spacial score (nSPS) is 21.1. The Labute approximate surface area is 112 Å². The van der Waals surface area contributed by atoms with Gasteiger partial charge in [-0.05, 0) is 30.5 Å². The van der Waals surface area contributed by atoms with Gasteiger partial charge in [0.2, 0.25) is 0 Å². The molecule has 0 radical (unpaired) electrons. The zero-order valence-corrected chi connectivity index (χ0v) is 11.2. The van der Waals surface area contributed by atoms with Gasteiger partial charge in [0.05, 0.1) is 0 Å². The first-order valence-corrected chi connectivity index (χ1v) is 6.72. The molecule has 4 heteroatoms. The van der Waals surface area contributed by atoms with Crippen molar-refractivity contribution in [2.24, 2.45) is 0 Å². The Morgan fingerprint density at radius 1 is 1.17 bits per heavy atom. The zero-order chi connectivity index (χ0) is 12.9. The van der Waals surface area contributed by atoms with Crippen LogP contribution in [0.2, 0.25) is 0 Å². The quantitative estimate of drug-likeness (QED) is 0.705. The van der Waals surface area contributed by atoms with E-state index in [1.165, 1.54) is 6.07 Å². The van der Waals surface area contributed by atoms with Crippen molar-refractivity contribution in [1.82, 2.24) is 0 Å². The van der Waals surface area contributed by atoms with Crippen molar-refractivity contribution in [3.63, 3.8) is 0 Å². The van der Waals surface area contributed by atoms with Gasteiger partial charge in [0.1, 0.15) is 5.78 Å². The third-order valence-corrected chi connectivity index (χ3v) is 5.03. The second kappa shape index (κ2) is 3.98. The van der Waals surface area contributed by atoms with E-state index in [1.807, 2.05) is 0 Å². The number of carbonyl (C=O) groups is 1. The topological polar surface area (TPSA) is 17.1 Å². The van der Waals surface area contributed by atoms with Gasteiger partial charge in [0.15, 0.2) is 11.6 Å². The number of carbonyl (C=O) groups excluding carboxylic acids is 1. The molecule has 0 bridgehead atoms. The predicted octanol–water partition coefficient (Wildman–Crippen LogP) is 4.10. The molecular weight excluding hydrogens is 302 g/mol. The minimum atomic E-state index is -0.825. The van der Waals surface area contributed by atoms with Gasteiger partial charge in [-0.1, -0.05) is 22.0 Å².